The molecule has 1 fully saturated rings. The standard InChI is InChI=1S/C12H16ClNS/c13-10-4-6-12(7-5-10)15-9-8-14-11-2-1-3-11/h4-7,11,14H,1-3,8-9H2. The van der Waals surface area contributed by atoms with Crippen LogP contribution in [0.1, 0.15) is 19.3 Å². The highest BCUT2D eigenvalue weighted by molar-refractivity contribution is 7.99. The van der Waals surface area contributed by atoms with Crippen molar-refractivity contribution in [3.8, 4) is 0 Å². The Morgan fingerprint density at radius 2 is 2.00 bits per heavy atom. The lowest BCUT2D eigenvalue weighted by Crippen LogP contribution is -2.36. The Morgan fingerprint density at radius 1 is 1.27 bits per heavy atom. The second-order valence-corrected chi connectivity index (χ2v) is 5.49. The van der Waals surface area contributed by atoms with E-state index in [0.717, 1.165) is 23.4 Å². The molecular weight excluding hydrogens is 226 g/mol. The first-order valence-electron chi connectivity index (χ1n) is 5.46. The van der Waals surface area contributed by atoms with Crippen LogP contribution in [0.15, 0.2) is 29.2 Å². The average Bonchev–Trinajstić information content (AvgIpc) is 2.18. The van der Waals surface area contributed by atoms with E-state index in [1.807, 2.05) is 23.9 Å². The van der Waals surface area contributed by atoms with Gasteiger partial charge in [-0.2, -0.15) is 0 Å². The lowest BCUT2D eigenvalue weighted by molar-refractivity contribution is 0.347. The molecule has 15 heavy (non-hydrogen) atoms. The molecule has 1 aliphatic rings. The summed E-state index contributed by atoms with van der Waals surface area (Å²) < 4.78 is 0. The minimum absolute atomic E-state index is 0.802. The molecule has 2 rings (SSSR count). The maximum absolute atomic E-state index is 5.82. The number of rotatable bonds is 5. The number of nitrogens with one attached hydrogen (secondary N) is 1. The van der Waals surface area contributed by atoms with Crippen molar-refractivity contribution in [3.63, 3.8) is 0 Å². The van der Waals surface area contributed by atoms with Gasteiger partial charge in [-0.05, 0) is 37.1 Å². The van der Waals surface area contributed by atoms with Gasteiger partial charge in [0, 0.05) is 28.3 Å². The third-order valence-electron chi connectivity index (χ3n) is 2.72. The van der Waals surface area contributed by atoms with Crippen LogP contribution in [0.25, 0.3) is 0 Å². The zero-order valence-electron chi connectivity index (χ0n) is 8.71. The highest BCUT2D eigenvalue weighted by atomic mass is 35.5. The maximum Gasteiger partial charge on any atom is 0.0406 e. The van der Waals surface area contributed by atoms with Gasteiger partial charge in [0.2, 0.25) is 0 Å². The lowest BCUT2D eigenvalue weighted by Gasteiger charge is -2.26. The van der Waals surface area contributed by atoms with Crippen LogP contribution in [0.5, 0.6) is 0 Å². The van der Waals surface area contributed by atoms with Gasteiger partial charge < -0.3 is 5.32 Å². The molecule has 0 aromatic heterocycles. The second-order valence-electron chi connectivity index (χ2n) is 3.88. The number of thioether (sulfide) groups is 1. The van der Waals surface area contributed by atoms with E-state index in [1.54, 1.807) is 0 Å². The first-order chi connectivity index (χ1) is 7.34. The summed E-state index contributed by atoms with van der Waals surface area (Å²) in [5.41, 5.74) is 0. The fourth-order valence-corrected chi connectivity index (χ4v) is 2.49. The van der Waals surface area contributed by atoms with Gasteiger partial charge in [0.25, 0.3) is 0 Å². The van der Waals surface area contributed by atoms with E-state index in [9.17, 15) is 0 Å². The third-order valence-corrected chi connectivity index (χ3v) is 3.99. The number of halogens is 1. The number of hydrogen-bond acceptors (Lipinski definition) is 2. The molecule has 0 atom stereocenters. The van der Waals surface area contributed by atoms with E-state index in [4.69, 9.17) is 11.6 Å². The average molecular weight is 242 g/mol. The van der Waals surface area contributed by atoms with Crippen LogP contribution >= 0.6 is 23.4 Å². The predicted octanol–water partition coefficient (Wildman–Crippen LogP) is 3.57. The molecule has 3 heteroatoms. The van der Waals surface area contributed by atoms with Gasteiger partial charge in [-0.1, -0.05) is 18.0 Å². The lowest BCUT2D eigenvalue weighted by atomic mass is 9.93. The van der Waals surface area contributed by atoms with Crippen LogP contribution in [0, 0.1) is 0 Å². The second kappa shape index (κ2) is 5.78. The Labute approximate surface area is 101 Å². The largest absolute Gasteiger partial charge is 0.313 e. The minimum atomic E-state index is 0.802. The summed E-state index contributed by atoms with van der Waals surface area (Å²) >= 11 is 7.70. The maximum atomic E-state index is 5.82. The summed E-state index contributed by atoms with van der Waals surface area (Å²) in [6.07, 6.45) is 4.14. The molecule has 0 saturated heterocycles. The third kappa shape index (κ3) is 3.71. The molecule has 1 N–H and O–H groups in total. The normalized spacial score (nSPS) is 16.3. The fourth-order valence-electron chi connectivity index (χ4n) is 1.58. The molecule has 0 amide bonds. The molecule has 0 spiro atoms. The van der Waals surface area contributed by atoms with Gasteiger partial charge in [0.1, 0.15) is 0 Å². The Hall–Kier alpha value is -0.180. The summed E-state index contributed by atoms with van der Waals surface area (Å²) in [5, 5.41) is 4.37. The first kappa shape index (κ1) is 11.3. The minimum Gasteiger partial charge on any atom is -0.313 e. The molecule has 0 aliphatic heterocycles. The van der Waals surface area contributed by atoms with E-state index in [0.29, 0.717) is 0 Å². The summed E-state index contributed by atoms with van der Waals surface area (Å²) in [6.45, 7) is 1.11. The zero-order chi connectivity index (χ0) is 10.5. The van der Waals surface area contributed by atoms with Gasteiger partial charge in [-0.3, -0.25) is 0 Å². The number of benzene rings is 1. The molecular formula is C12H16ClNS. The molecule has 0 bridgehead atoms. The molecule has 0 heterocycles. The fraction of sp³-hybridized carbons (Fsp3) is 0.500. The van der Waals surface area contributed by atoms with Crippen LogP contribution in [-0.4, -0.2) is 18.3 Å². The molecule has 0 radical (unpaired) electrons. The van der Waals surface area contributed by atoms with Crippen molar-refractivity contribution in [2.75, 3.05) is 12.3 Å². The van der Waals surface area contributed by atoms with Crippen molar-refractivity contribution in [3.05, 3.63) is 29.3 Å². The van der Waals surface area contributed by atoms with Crippen molar-refractivity contribution in [2.24, 2.45) is 0 Å². The quantitative estimate of drug-likeness (QED) is 0.625. The Bertz CT molecular complexity index is 295. The van der Waals surface area contributed by atoms with Crippen molar-refractivity contribution in [2.45, 2.75) is 30.2 Å². The van der Waals surface area contributed by atoms with Gasteiger partial charge >= 0.3 is 0 Å². The summed E-state index contributed by atoms with van der Waals surface area (Å²) in [5.74, 6) is 1.14. The van der Waals surface area contributed by atoms with E-state index in [2.05, 4.69) is 17.4 Å². The summed E-state index contributed by atoms with van der Waals surface area (Å²) in [6, 6.07) is 8.86. The Morgan fingerprint density at radius 3 is 2.60 bits per heavy atom. The van der Waals surface area contributed by atoms with Crippen LogP contribution in [0.4, 0.5) is 0 Å². The molecule has 82 valence electrons. The van der Waals surface area contributed by atoms with Gasteiger partial charge in [0.15, 0.2) is 0 Å². The van der Waals surface area contributed by atoms with Crippen molar-refractivity contribution in [1.82, 2.24) is 5.32 Å². The monoisotopic (exact) mass is 241 g/mol. The van der Waals surface area contributed by atoms with E-state index in [1.165, 1.54) is 24.2 Å². The van der Waals surface area contributed by atoms with Crippen LogP contribution < -0.4 is 5.32 Å². The predicted molar refractivity (Wildman–Crippen MR) is 67.8 cm³/mol. The smallest absolute Gasteiger partial charge is 0.0406 e. The van der Waals surface area contributed by atoms with E-state index < -0.39 is 0 Å². The highest BCUT2D eigenvalue weighted by Crippen LogP contribution is 2.21. The van der Waals surface area contributed by atoms with Crippen LogP contribution in [-0.2, 0) is 0 Å². The Kier molecular flexibility index (Phi) is 4.36. The molecule has 1 nitrogen and oxygen atoms in total. The zero-order valence-corrected chi connectivity index (χ0v) is 10.3. The van der Waals surface area contributed by atoms with Crippen LogP contribution in [0.2, 0.25) is 5.02 Å². The molecule has 0 unspecified atom stereocenters. The Balaban J connectivity index is 1.62. The molecule has 1 saturated carbocycles. The van der Waals surface area contributed by atoms with Gasteiger partial charge in [-0.15, -0.1) is 11.8 Å². The molecule has 1 aromatic carbocycles. The van der Waals surface area contributed by atoms with Crippen molar-refractivity contribution >= 4 is 23.4 Å². The summed E-state index contributed by atoms with van der Waals surface area (Å²) in [4.78, 5) is 1.30. The molecule has 1 aliphatic carbocycles. The van der Waals surface area contributed by atoms with Gasteiger partial charge in [0.05, 0.1) is 0 Å². The summed E-state index contributed by atoms with van der Waals surface area (Å²) in [7, 11) is 0. The number of hydrogen-bond donors (Lipinski definition) is 1. The van der Waals surface area contributed by atoms with E-state index >= 15 is 0 Å². The van der Waals surface area contributed by atoms with Gasteiger partial charge in [-0.25, -0.2) is 0 Å². The van der Waals surface area contributed by atoms with Crippen molar-refractivity contribution in [1.29, 1.82) is 0 Å². The topological polar surface area (TPSA) is 12.0 Å². The SMILES string of the molecule is Clc1ccc(SCCNC2CCC2)cc1. The molecule has 1 aromatic rings. The van der Waals surface area contributed by atoms with Crippen LogP contribution in [0.3, 0.4) is 0 Å². The first-order valence-corrected chi connectivity index (χ1v) is 6.83. The van der Waals surface area contributed by atoms with Crippen molar-refractivity contribution < 1.29 is 0 Å². The van der Waals surface area contributed by atoms with E-state index in [-0.39, 0.29) is 0 Å². The highest BCUT2D eigenvalue weighted by Gasteiger charge is 2.15.